The van der Waals surface area contributed by atoms with E-state index in [-0.39, 0.29) is 12.3 Å². The van der Waals surface area contributed by atoms with E-state index in [2.05, 4.69) is 0 Å². The Hall–Kier alpha value is -1.20. The molecule has 0 amide bonds. The second-order valence-electron chi connectivity index (χ2n) is 3.01. The highest BCUT2D eigenvalue weighted by molar-refractivity contribution is 7.98. The summed E-state index contributed by atoms with van der Waals surface area (Å²) >= 11 is 1.53. The molecule has 5 heteroatoms. The minimum Gasteiger partial charge on any atom is -0.492 e. The molecule has 0 atom stereocenters. The van der Waals surface area contributed by atoms with Crippen LogP contribution in [0.4, 0.5) is 0 Å². The Kier molecular flexibility index (Phi) is 4.64. The maximum atomic E-state index is 11.6. The molecule has 0 saturated carbocycles. The van der Waals surface area contributed by atoms with Gasteiger partial charge in [0.15, 0.2) is 17.3 Å². The second-order valence-corrected chi connectivity index (χ2v) is 3.86. The van der Waals surface area contributed by atoms with Crippen LogP contribution in [-0.2, 0) is 0 Å². The molecular weight excluding hydrogens is 226 g/mol. The maximum Gasteiger partial charge on any atom is 0.180 e. The number of rotatable bonds is 5. The fraction of sp³-hybridized carbons (Fsp3) is 0.364. The van der Waals surface area contributed by atoms with E-state index in [1.54, 1.807) is 13.2 Å². The molecule has 0 saturated heterocycles. The zero-order chi connectivity index (χ0) is 12.1. The molecule has 0 unspecified atom stereocenters. The van der Waals surface area contributed by atoms with E-state index in [0.29, 0.717) is 17.1 Å². The fourth-order valence-corrected chi connectivity index (χ4v) is 2.00. The number of ether oxygens (including phenoxy) is 2. The van der Waals surface area contributed by atoms with Gasteiger partial charge in [0.1, 0.15) is 0 Å². The summed E-state index contributed by atoms with van der Waals surface area (Å²) in [7, 11) is 3.06. The number of nitrogens with two attached hydrogens (primary N) is 1. The van der Waals surface area contributed by atoms with Crippen molar-refractivity contribution in [2.45, 2.75) is 4.90 Å². The van der Waals surface area contributed by atoms with E-state index >= 15 is 0 Å². The lowest BCUT2D eigenvalue weighted by atomic mass is 10.1. The SMILES string of the molecule is COc1c(SC)ccc(C(=O)CN)c1OC. The first-order chi connectivity index (χ1) is 7.69. The van der Waals surface area contributed by atoms with Crippen molar-refractivity contribution in [1.29, 1.82) is 0 Å². The minimum absolute atomic E-state index is 0.0435. The summed E-state index contributed by atoms with van der Waals surface area (Å²) < 4.78 is 10.5. The van der Waals surface area contributed by atoms with Crippen LogP contribution in [0.25, 0.3) is 0 Å². The average molecular weight is 241 g/mol. The highest BCUT2D eigenvalue weighted by atomic mass is 32.2. The molecule has 0 heterocycles. The summed E-state index contributed by atoms with van der Waals surface area (Å²) in [5, 5.41) is 0. The van der Waals surface area contributed by atoms with E-state index in [9.17, 15) is 4.79 Å². The number of thioether (sulfide) groups is 1. The predicted molar refractivity (Wildman–Crippen MR) is 64.7 cm³/mol. The third-order valence-corrected chi connectivity index (χ3v) is 2.95. The Bertz CT molecular complexity index is 393. The van der Waals surface area contributed by atoms with Crippen molar-refractivity contribution in [3.8, 4) is 11.5 Å². The van der Waals surface area contributed by atoms with Gasteiger partial charge in [0.2, 0.25) is 0 Å². The molecule has 88 valence electrons. The Morgan fingerprint density at radius 2 is 1.94 bits per heavy atom. The lowest BCUT2D eigenvalue weighted by Crippen LogP contribution is -2.15. The number of Topliss-reactive ketones (excluding diaryl/α,β-unsaturated/α-hetero) is 1. The Morgan fingerprint density at radius 3 is 2.38 bits per heavy atom. The molecule has 1 rings (SSSR count). The molecule has 0 bridgehead atoms. The number of hydrogen-bond acceptors (Lipinski definition) is 5. The quantitative estimate of drug-likeness (QED) is 0.626. The molecular formula is C11H15NO3S. The van der Waals surface area contributed by atoms with Crippen LogP contribution < -0.4 is 15.2 Å². The van der Waals surface area contributed by atoms with Gasteiger partial charge >= 0.3 is 0 Å². The average Bonchev–Trinajstić information content (AvgIpc) is 2.35. The summed E-state index contributed by atoms with van der Waals surface area (Å²) in [4.78, 5) is 12.5. The largest absolute Gasteiger partial charge is 0.492 e. The van der Waals surface area contributed by atoms with Crippen LogP contribution in [0.15, 0.2) is 17.0 Å². The fourth-order valence-electron chi connectivity index (χ4n) is 1.43. The van der Waals surface area contributed by atoms with Crippen LogP contribution in [0.2, 0.25) is 0 Å². The lowest BCUT2D eigenvalue weighted by molar-refractivity contribution is 0.0997. The van der Waals surface area contributed by atoms with Crippen molar-refractivity contribution in [3.63, 3.8) is 0 Å². The molecule has 4 nitrogen and oxygen atoms in total. The van der Waals surface area contributed by atoms with Crippen LogP contribution in [0, 0.1) is 0 Å². The number of carbonyl (C=O) groups excluding carboxylic acids is 1. The molecule has 0 radical (unpaired) electrons. The van der Waals surface area contributed by atoms with Crippen molar-refractivity contribution in [2.75, 3.05) is 27.0 Å². The van der Waals surface area contributed by atoms with E-state index in [0.717, 1.165) is 4.90 Å². The van der Waals surface area contributed by atoms with Gasteiger partial charge < -0.3 is 15.2 Å². The number of methoxy groups -OCH3 is 2. The summed E-state index contributed by atoms with van der Waals surface area (Å²) in [5.74, 6) is 0.863. The van der Waals surface area contributed by atoms with Crippen LogP contribution in [0.1, 0.15) is 10.4 Å². The molecule has 2 N–H and O–H groups in total. The molecule has 0 aromatic heterocycles. The van der Waals surface area contributed by atoms with Crippen molar-refractivity contribution in [3.05, 3.63) is 17.7 Å². The zero-order valence-electron chi connectivity index (χ0n) is 9.57. The highest BCUT2D eigenvalue weighted by Crippen LogP contribution is 2.39. The summed E-state index contributed by atoms with van der Waals surface area (Å²) in [6.45, 7) is -0.0435. The van der Waals surface area contributed by atoms with E-state index < -0.39 is 0 Å². The predicted octanol–water partition coefficient (Wildman–Crippen LogP) is 1.57. The Balaban J connectivity index is 3.37. The van der Waals surface area contributed by atoms with E-state index in [1.807, 2.05) is 12.3 Å². The first-order valence-corrected chi connectivity index (χ1v) is 5.94. The Morgan fingerprint density at radius 1 is 1.31 bits per heavy atom. The monoisotopic (exact) mass is 241 g/mol. The van der Waals surface area contributed by atoms with Crippen LogP contribution in [0.5, 0.6) is 11.5 Å². The van der Waals surface area contributed by atoms with E-state index in [4.69, 9.17) is 15.2 Å². The topological polar surface area (TPSA) is 61.5 Å². The molecule has 0 fully saturated rings. The van der Waals surface area contributed by atoms with Gasteiger partial charge in [-0.2, -0.15) is 0 Å². The molecule has 0 aliphatic rings. The van der Waals surface area contributed by atoms with Crippen LogP contribution in [0.3, 0.4) is 0 Å². The van der Waals surface area contributed by atoms with Gasteiger partial charge in [-0.3, -0.25) is 4.79 Å². The molecule has 16 heavy (non-hydrogen) atoms. The minimum atomic E-state index is -0.164. The number of hydrogen-bond donors (Lipinski definition) is 1. The van der Waals surface area contributed by atoms with Gasteiger partial charge in [-0.15, -0.1) is 11.8 Å². The first-order valence-electron chi connectivity index (χ1n) is 4.71. The van der Waals surface area contributed by atoms with Crippen molar-refractivity contribution < 1.29 is 14.3 Å². The van der Waals surface area contributed by atoms with Crippen molar-refractivity contribution in [2.24, 2.45) is 5.73 Å². The van der Waals surface area contributed by atoms with E-state index in [1.165, 1.54) is 18.9 Å². The third kappa shape index (κ3) is 2.31. The van der Waals surface area contributed by atoms with Gasteiger partial charge in [0.05, 0.1) is 31.2 Å². The smallest absolute Gasteiger partial charge is 0.180 e. The second kappa shape index (κ2) is 5.77. The summed E-state index contributed by atoms with van der Waals surface area (Å²) in [6.07, 6.45) is 1.93. The highest BCUT2D eigenvalue weighted by Gasteiger charge is 2.18. The zero-order valence-corrected chi connectivity index (χ0v) is 10.4. The van der Waals surface area contributed by atoms with Crippen molar-refractivity contribution >= 4 is 17.5 Å². The normalized spacial score (nSPS) is 10.0. The molecule has 0 aliphatic heterocycles. The van der Waals surface area contributed by atoms with Crippen molar-refractivity contribution in [1.82, 2.24) is 0 Å². The van der Waals surface area contributed by atoms with Gasteiger partial charge in [-0.25, -0.2) is 0 Å². The van der Waals surface area contributed by atoms with Gasteiger partial charge in [0.25, 0.3) is 0 Å². The lowest BCUT2D eigenvalue weighted by Gasteiger charge is -2.14. The number of ketones is 1. The molecule has 1 aromatic carbocycles. The third-order valence-electron chi connectivity index (χ3n) is 2.19. The standard InChI is InChI=1S/C11H15NO3S/c1-14-10-7(8(13)6-12)4-5-9(16-3)11(10)15-2/h4-5H,6,12H2,1-3H3. The number of carbonyl (C=O) groups is 1. The van der Waals surface area contributed by atoms with Gasteiger partial charge in [-0.05, 0) is 18.4 Å². The Labute approximate surface area is 99.1 Å². The van der Waals surface area contributed by atoms with Crippen LogP contribution >= 0.6 is 11.8 Å². The maximum absolute atomic E-state index is 11.6. The van der Waals surface area contributed by atoms with Gasteiger partial charge in [0, 0.05) is 0 Å². The van der Waals surface area contributed by atoms with Crippen LogP contribution in [-0.4, -0.2) is 32.8 Å². The summed E-state index contributed by atoms with van der Waals surface area (Å²) in [5.41, 5.74) is 5.80. The number of benzene rings is 1. The molecule has 0 aliphatic carbocycles. The van der Waals surface area contributed by atoms with Gasteiger partial charge in [-0.1, -0.05) is 0 Å². The molecule has 1 aromatic rings. The summed E-state index contributed by atoms with van der Waals surface area (Å²) in [6, 6.07) is 3.54. The first kappa shape index (κ1) is 12.9. The molecule has 0 spiro atoms.